The number of carbonyl (C=O) groups excluding carboxylic acids is 1. The zero-order valence-corrected chi connectivity index (χ0v) is 10.5. The Hall–Kier alpha value is -0.660. The van der Waals surface area contributed by atoms with Crippen molar-refractivity contribution >= 4 is 15.7 Å². The molecule has 3 N–H and O–H groups in total. The number of sulfone groups is 1. The van der Waals surface area contributed by atoms with Crippen LogP contribution in [0.4, 0.5) is 0 Å². The Kier molecular flexibility index (Phi) is 7.27. The van der Waals surface area contributed by atoms with E-state index in [0.29, 0.717) is 26.1 Å². The van der Waals surface area contributed by atoms with Crippen molar-refractivity contribution in [1.29, 1.82) is 0 Å². The number of nitrogens with one attached hydrogen (secondary N) is 1. The summed E-state index contributed by atoms with van der Waals surface area (Å²) in [4.78, 5) is 11.5. The topological polar surface area (TPSA) is 98.5 Å². The van der Waals surface area contributed by atoms with E-state index < -0.39 is 21.0 Å². The van der Waals surface area contributed by atoms with Gasteiger partial charge in [-0.3, -0.25) is 4.79 Å². The van der Waals surface area contributed by atoms with E-state index in [1.807, 2.05) is 0 Å². The van der Waals surface area contributed by atoms with E-state index >= 15 is 0 Å². The first-order valence-electron chi connectivity index (χ1n) is 5.14. The van der Waals surface area contributed by atoms with Gasteiger partial charge in [-0.05, 0) is 19.9 Å². The van der Waals surface area contributed by atoms with Crippen LogP contribution in [-0.2, 0) is 19.4 Å². The van der Waals surface area contributed by atoms with Gasteiger partial charge in [-0.15, -0.1) is 0 Å². The van der Waals surface area contributed by atoms with E-state index in [1.54, 1.807) is 0 Å². The molecule has 0 aliphatic heterocycles. The fraction of sp³-hybridized carbons (Fsp3) is 0.889. The Morgan fingerprint density at radius 3 is 2.62 bits per heavy atom. The van der Waals surface area contributed by atoms with Crippen LogP contribution in [0.1, 0.15) is 13.3 Å². The molecule has 0 aromatic rings. The summed E-state index contributed by atoms with van der Waals surface area (Å²) in [5.41, 5.74) is 5.23. The molecule has 96 valence electrons. The van der Waals surface area contributed by atoms with Crippen molar-refractivity contribution in [2.45, 2.75) is 18.6 Å². The molecule has 0 radical (unpaired) electrons. The van der Waals surface area contributed by atoms with Crippen molar-refractivity contribution < 1.29 is 17.9 Å². The molecule has 0 aromatic heterocycles. The van der Waals surface area contributed by atoms with E-state index in [1.165, 1.54) is 14.0 Å². The molecular weight excluding hydrogens is 232 g/mol. The quantitative estimate of drug-likeness (QED) is 0.534. The van der Waals surface area contributed by atoms with E-state index in [-0.39, 0.29) is 5.75 Å². The molecule has 0 rings (SSSR count). The first-order chi connectivity index (χ1) is 7.45. The number of hydrogen-bond acceptors (Lipinski definition) is 5. The predicted octanol–water partition coefficient (Wildman–Crippen LogP) is -1.10. The van der Waals surface area contributed by atoms with Crippen LogP contribution in [0.25, 0.3) is 0 Å². The predicted molar refractivity (Wildman–Crippen MR) is 61.8 cm³/mol. The highest BCUT2D eigenvalue weighted by atomic mass is 32.2. The molecule has 0 saturated carbocycles. The van der Waals surface area contributed by atoms with Gasteiger partial charge in [-0.1, -0.05) is 0 Å². The van der Waals surface area contributed by atoms with E-state index in [0.717, 1.165) is 0 Å². The largest absolute Gasteiger partial charge is 0.383 e. The van der Waals surface area contributed by atoms with Crippen molar-refractivity contribution in [3.05, 3.63) is 0 Å². The number of carbonyl (C=O) groups is 1. The first kappa shape index (κ1) is 15.3. The lowest BCUT2D eigenvalue weighted by Gasteiger charge is -2.12. The fourth-order valence-electron chi connectivity index (χ4n) is 1.04. The highest BCUT2D eigenvalue weighted by molar-refractivity contribution is 7.92. The van der Waals surface area contributed by atoms with Gasteiger partial charge in [-0.25, -0.2) is 8.42 Å². The van der Waals surface area contributed by atoms with Crippen molar-refractivity contribution in [3.63, 3.8) is 0 Å². The number of rotatable bonds is 8. The zero-order valence-electron chi connectivity index (χ0n) is 9.73. The van der Waals surface area contributed by atoms with Gasteiger partial charge in [0.05, 0.1) is 12.4 Å². The van der Waals surface area contributed by atoms with Crippen LogP contribution in [0.5, 0.6) is 0 Å². The molecule has 0 bridgehead atoms. The number of methoxy groups -OCH3 is 1. The maximum Gasteiger partial charge on any atom is 0.238 e. The lowest BCUT2D eigenvalue weighted by atomic mass is 10.4. The van der Waals surface area contributed by atoms with Crippen LogP contribution < -0.4 is 11.1 Å². The smallest absolute Gasteiger partial charge is 0.238 e. The second kappa shape index (κ2) is 7.59. The minimum absolute atomic E-state index is 0.0532. The number of ether oxygens (including phenoxy) is 1. The third kappa shape index (κ3) is 5.43. The van der Waals surface area contributed by atoms with Crippen LogP contribution in [0.15, 0.2) is 0 Å². The van der Waals surface area contributed by atoms with Gasteiger partial charge < -0.3 is 15.8 Å². The third-order valence-corrected chi connectivity index (χ3v) is 4.30. The van der Waals surface area contributed by atoms with Gasteiger partial charge in [0.15, 0.2) is 9.84 Å². The molecule has 16 heavy (non-hydrogen) atoms. The number of nitrogens with two attached hydrogens (primary N) is 1. The van der Waals surface area contributed by atoms with Gasteiger partial charge in [0, 0.05) is 13.7 Å². The normalized spacial score (nSPS) is 13.4. The Bertz CT molecular complexity index is 303. The summed E-state index contributed by atoms with van der Waals surface area (Å²) < 4.78 is 28.0. The van der Waals surface area contributed by atoms with Crippen LogP contribution in [0.3, 0.4) is 0 Å². The van der Waals surface area contributed by atoms with Gasteiger partial charge >= 0.3 is 0 Å². The monoisotopic (exact) mass is 252 g/mol. The summed E-state index contributed by atoms with van der Waals surface area (Å²) in [5.74, 6) is -0.545. The maximum atomic E-state index is 11.6. The van der Waals surface area contributed by atoms with E-state index in [4.69, 9.17) is 10.5 Å². The van der Waals surface area contributed by atoms with Gasteiger partial charge in [0.1, 0.15) is 5.25 Å². The molecule has 1 amide bonds. The van der Waals surface area contributed by atoms with Crippen molar-refractivity contribution in [3.8, 4) is 0 Å². The SMILES string of the molecule is COCCNC(=O)C(C)S(=O)(=O)CCCN. The molecule has 7 heteroatoms. The summed E-state index contributed by atoms with van der Waals surface area (Å²) in [6, 6.07) is 0. The van der Waals surface area contributed by atoms with Crippen LogP contribution in [0, 0.1) is 0 Å². The summed E-state index contributed by atoms with van der Waals surface area (Å²) in [6.45, 7) is 2.36. The number of amides is 1. The Balaban J connectivity index is 4.20. The molecule has 0 heterocycles. The lowest BCUT2D eigenvalue weighted by molar-refractivity contribution is -0.120. The lowest BCUT2D eigenvalue weighted by Crippen LogP contribution is -2.40. The third-order valence-electron chi connectivity index (χ3n) is 2.15. The van der Waals surface area contributed by atoms with E-state index in [2.05, 4.69) is 5.32 Å². The summed E-state index contributed by atoms with van der Waals surface area (Å²) in [5, 5.41) is 1.46. The molecule has 0 aromatic carbocycles. The molecule has 0 saturated heterocycles. The molecular formula is C9H20N2O4S. The summed E-state index contributed by atoms with van der Waals surface area (Å²) in [7, 11) is -1.88. The molecule has 0 aliphatic carbocycles. The molecule has 0 spiro atoms. The van der Waals surface area contributed by atoms with E-state index in [9.17, 15) is 13.2 Å². The first-order valence-corrected chi connectivity index (χ1v) is 6.85. The van der Waals surface area contributed by atoms with Crippen molar-refractivity contribution in [2.75, 3.05) is 32.6 Å². The molecule has 1 atom stereocenters. The highest BCUT2D eigenvalue weighted by Gasteiger charge is 2.26. The standard InChI is InChI=1S/C9H20N2O4S/c1-8(9(12)11-5-6-15-2)16(13,14)7-3-4-10/h8H,3-7,10H2,1-2H3,(H,11,12). The average molecular weight is 252 g/mol. The maximum absolute atomic E-state index is 11.6. The van der Waals surface area contributed by atoms with Crippen molar-refractivity contribution in [1.82, 2.24) is 5.32 Å². The summed E-state index contributed by atoms with van der Waals surface area (Å²) in [6.07, 6.45) is 0.373. The molecule has 0 aliphatic rings. The van der Waals surface area contributed by atoms with Crippen LogP contribution >= 0.6 is 0 Å². The van der Waals surface area contributed by atoms with Crippen LogP contribution in [0.2, 0.25) is 0 Å². The Morgan fingerprint density at radius 2 is 2.12 bits per heavy atom. The second-order valence-corrected chi connectivity index (χ2v) is 5.88. The van der Waals surface area contributed by atoms with Gasteiger partial charge in [-0.2, -0.15) is 0 Å². The molecule has 6 nitrogen and oxygen atoms in total. The number of hydrogen-bond donors (Lipinski definition) is 2. The molecule has 0 fully saturated rings. The fourth-order valence-corrected chi connectivity index (χ4v) is 2.38. The minimum Gasteiger partial charge on any atom is -0.383 e. The second-order valence-electron chi connectivity index (χ2n) is 3.44. The van der Waals surface area contributed by atoms with Gasteiger partial charge in [0.25, 0.3) is 0 Å². The van der Waals surface area contributed by atoms with Gasteiger partial charge in [0.2, 0.25) is 5.91 Å². The molecule has 1 unspecified atom stereocenters. The average Bonchev–Trinajstić information content (AvgIpc) is 2.25. The Labute approximate surface area is 96.4 Å². The minimum atomic E-state index is -3.39. The van der Waals surface area contributed by atoms with Crippen molar-refractivity contribution in [2.24, 2.45) is 5.73 Å². The van der Waals surface area contributed by atoms with Crippen LogP contribution in [-0.4, -0.2) is 52.1 Å². The highest BCUT2D eigenvalue weighted by Crippen LogP contribution is 2.03. The summed E-state index contributed by atoms with van der Waals surface area (Å²) >= 11 is 0. The zero-order chi connectivity index (χ0) is 12.6. The Morgan fingerprint density at radius 1 is 1.50 bits per heavy atom.